The summed E-state index contributed by atoms with van der Waals surface area (Å²) in [4.78, 5) is 16.8. The van der Waals surface area contributed by atoms with Crippen LogP contribution in [-0.2, 0) is 6.18 Å². The zero-order valence-electron chi connectivity index (χ0n) is 15.2. The molecule has 0 aliphatic carbocycles. The van der Waals surface area contributed by atoms with E-state index in [1.54, 1.807) is 24.3 Å². The van der Waals surface area contributed by atoms with Gasteiger partial charge in [0.25, 0.3) is 5.91 Å². The summed E-state index contributed by atoms with van der Waals surface area (Å²) in [5, 5.41) is 6.86. The minimum absolute atomic E-state index is 0.101. The fourth-order valence-corrected chi connectivity index (χ4v) is 3.39. The molecule has 4 rings (SSSR count). The first-order valence-corrected chi connectivity index (χ1v) is 10.2. The molecule has 0 unspecified atom stereocenters. The van der Waals surface area contributed by atoms with Crippen LogP contribution < -0.4 is 5.32 Å². The molecule has 158 valence electrons. The predicted octanol–water partition coefficient (Wildman–Crippen LogP) is 6.74. The molecule has 1 N–H and O–H groups in total. The fraction of sp³-hybridized carbons (Fsp3) is 0.0500. The molecule has 31 heavy (non-hydrogen) atoms. The summed E-state index contributed by atoms with van der Waals surface area (Å²) in [6.07, 6.45) is -4.71. The smallest absolute Gasteiger partial charge is 0.321 e. The second-order valence-electron chi connectivity index (χ2n) is 6.41. The predicted molar refractivity (Wildman–Crippen MR) is 116 cm³/mol. The lowest BCUT2D eigenvalue weighted by Crippen LogP contribution is -2.15. The lowest BCUT2D eigenvalue weighted by Gasteiger charge is -2.11. The Morgan fingerprint density at radius 1 is 1.00 bits per heavy atom. The monoisotopic (exact) mass is 528 g/mol. The van der Waals surface area contributed by atoms with Gasteiger partial charge in [0.15, 0.2) is 17.0 Å². The molecule has 0 aliphatic rings. The molecule has 0 spiro atoms. The first kappa shape index (κ1) is 21.6. The Morgan fingerprint density at radius 2 is 1.71 bits per heavy atom. The molecule has 0 aliphatic heterocycles. The molecule has 2 aromatic carbocycles. The molecule has 0 fully saturated rings. The van der Waals surface area contributed by atoms with Gasteiger partial charge in [-0.15, -0.1) is 0 Å². The van der Waals surface area contributed by atoms with Crippen molar-refractivity contribution in [3.05, 3.63) is 80.5 Å². The Labute approximate surface area is 191 Å². The number of amides is 1. The number of benzene rings is 2. The summed E-state index contributed by atoms with van der Waals surface area (Å²) in [7, 11) is 0. The second kappa shape index (κ2) is 8.14. The Morgan fingerprint density at radius 3 is 2.35 bits per heavy atom. The number of aromatic nitrogens is 3. The Hall–Kier alpha value is -2.62. The van der Waals surface area contributed by atoms with E-state index in [0.717, 1.165) is 10.5 Å². The normalized spacial score (nSPS) is 11.7. The Balaban J connectivity index is 1.77. The topological polar surface area (TPSA) is 59.3 Å². The number of anilines is 1. The van der Waals surface area contributed by atoms with Gasteiger partial charge in [-0.25, -0.2) is 9.50 Å². The van der Waals surface area contributed by atoms with Crippen LogP contribution in [-0.4, -0.2) is 20.5 Å². The number of halogens is 6. The van der Waals surface area contributed by atoms with Gasteiger partial charge >= 0.3 is 6.18 Å². The maximum absolute atomic E-state index is 13.7. The van der Waals surface area contributed by atoms with E-state index in [1.165, 1.54) is 24.3 Å². The molecule has 0 atom stereocenters. The van der Waals surface area contributed by atoms with E-state index in [4.69, 9.17) is 23.2 Å². The molecule has 1 amide bonds. The van der Waals surface area contributed by atoms with E-state index in [0.29, 0.717) is 20.8 Å². The van der Waals surface area contributed by atoms with Crippen molar-refractivity contribution in [3.8, 4) is 11.3 Å². The van der Waals surface area contributed by atoms with Crippen molar-refractivity contribution in [3.63, 3.8) is 0 Å². The first-order chi connectivity index (χ1) is 14.6. The van der Waals surface area contributed by atoms with E-state index in [1.807, 2.05) is 0 Å². The van der Waals surface area contributed by atoms with Crippen LogP contribution in [0.4, 0.5) is 18.9 Å². The molecule has 2 aromatic heterocycles. The standard InChI is InChI=1S/C20H10BrCl2F3N4O/c21-11-3-1-10(2-4-11)15-8-17(20(24,25)26)30-18(28-15)9-16(29-30)19(31)27-12-5-6-13(22)14(23)7-12/h1-9H,(H,27,31). The molecule has 0 radical (unpaired) electrons. The average molecular weight is 530 g/mol. The van der Waals surface area contributed by atoms with Gasteiger partial charge in [-0.2, -0.15) is 18.3 Å². The van der Waals surface area contributed by atoms with E-state index in [2.05, 4.69) is 31.3 Å². The van der Waals surface area contributed by atoms with Crippen molar-refractivity contribution in [2.24, 2.45) is 0 Å². The van der Waals surface area contributed by atoms with E-state index < -0.39 is 17.8 Å². The molecule has 0 saturated carbocycles. The van der Waals surface area contributed by atoms with Crippen LogP contribution in [0.15, 0.2) is 59.1 Å². The average Bonchev–Trinajstić information content (AvgIpc) is 3.14. The third kappa shape index (κ3) is 4.53. The second-order valence-corrected chi connectivity index (χ2v) is 8.14. The number of fused-ring (bicyclic) bond motifs is 1. The maximum Gasteiger partial charge on any atom is 0.433 e. The SMILES string of the molecule is O=C(Nc1ccc(Cl)c(Cl)c1)c1cc2nc(-c3ccc(Br)cc3)cc(C(F)(F)F)n2n1. The molecule has 11 heteroatoms. The first-order valence-electron chi connectivity index (χ1n) is 8.62. The minimum atomic E-state index is -4.71. The summed E-state index contributed by atoms with van der Waals surface area (Å²) in [5.41, 5.74) is -0.507. The van der Waals surface area contributed by atoms with Crippen LogP contribution in [0.1, 0.15) is 16.2 Å². The van der Waals surface area contributed by atoms with Crippen LogP contribution in [0.25, 0.3) is 16.9 Å². The van der Waals surface area contributed by atoms with Crippen LogP contribution in [0.3, 0.4) is 0 Å². The largest absolute Gasteiger partial charge is 0.433 e. The van der Waals surface area contributed by atoms with Crippen molar-refractivity contribution in [1.29, 1.82) is 0 Å². The van der Waals surface area contributed by atoms with Gasteiger partial charge in [-0.1, -0.05) is 51.3 Å². The number of carbonyl (C=O) groups excluding carboxylic acids is 1. The maximum atomic E-state index is 13.7. The van der Waals surface area contributed by atoms with Gasteiger partial charge in [0.1, 0.15) is 0 Å². The van der Waals surface area contributed by atoms with Crippen molar-refractivity contribution >= 4 is 56.4 Å². The molecular formula is C20H10BrCl2F3N4O. The number of rotatable bonds is 3. The summed E-state index contributed by atoms with van der Waals surface area (Å²) >= 11 is 15.1. The highest BCUT2D eigenvalue weighted by Crippen LogP contribution is 2.33. The number of hydrogen-bond acceptors (Lipinski definition) is 3. The molecule has 2 heterocycles. The van der Waals surface area contributed by atoms with E-state index in [-0.39, 0.29) is 22.1 Å². The van der Waals surface area contributed by atoms with Crippen LogP contribution in [0.5, 0.6) is 0 Å². The minimum Gasteiger partial charge on any atom is -0.321 e. The third-order valence-electron chi connectivity index (χ3n) is 4.27. The lowest BCUT2D eigenvalue weighted by atomic mass is 10.1. The van der Waals surface area contributed by atoms with Gasteiger partial charge in [0, 0.05) is 21.8 Å². The number of carbonyl (C=O) groups is 1. The van der Waals surface area contributed by atoms with Gasteiger partial charge < -0.3 is 5.32 Å². The highest BCUT2D eigenvalue weighted by atomic mass is 79.9. The molecule has 0 bridgehead atoms. The van der Waals surface area contributed by atoms with Crippen molar-refractivity contribution in [2.45, 2.75) is 6.18 Å². The van der Waals surface area contributed by atoms with Crippen LogP contribution in [0.2, 0.25) is 10.0 Å². The number of alkyl halides is 3. The zero-order chi connectivity index (χ0) is 22.3. The summed E-state index contributed by atoms with van der Waals surface area (Å²) in [6, 6.07) is 13.2. The fourth-order valence-electron chi connectivity index (χ4n) is 2.82. The lowest BCUT2D eigenvalue weighted by molar-refractivity contribution is -0.142. The summed E-state index contributed by atoms with van der Waals surface area (Å²) in [5.74, 6) is -0.720. The van der Waals surface area contributed by atoms with E-state index >= 15 is 0 Å². The molecule has 5 nitrogen and oxygen atoms in total. The van der Waals surface area contributed by atoms with Gasteiger partial charge in [0.05, 0.1) is 15.7 Å². The quantitative estimate of drug-likeness (QED) is 0.320. The Bertz CT molecular complexity index is 1310. The van der Waals surface area contributed by atoms with E-state index in [9.17, 15) is 18.0 Å². The summed E-state index contributed by atoms with van der Waals surface area (Å²) in [6.45, 7) is 0. The summed E-state index contributed by atoms with van der Waals surface area (Å²) < 4.78 is 42.5. The van der Waals surface area contributed by atoms with Crippen LogP contribution in [0, 0.1) is 0 Å². The van der Waals surface area contributed by atoms with Crippen molar-refractivity contribution in [1.82, 2.24) is 14.6 Å². The third-order valence-corrected chi connectivity index (χ3v) is 5.54. The van der Waals surface area contributed by atoms with Crippen LogP contribution >= 0.6 is 39.1 Å². The number of nitrogens with one attached hydrogen (secondary N) is 1. The highest BCUT2D eigenvalue weighted by molar-refractivity contribution is 9.10. The highest BCUT2D eigenvalue weighted by Gasteiger charge is 2.35. The van der Waals surface area contributed by atoms with Gasteiger partial charge in [-0.3, -0.25) is 4.79 Å². The molecule has 4 aromatic rings. The number of nitrogens with zero attached hydrogens (tertiary/aromatic N) is 3. The molecule has 0 saturated heterocycles. The van der Waals surface area contributed by atoms with Crippen molar-refractivity contribution < 1.29 is 18.0 Å². The van der Waals surface area contributed by atoms with Gasteiger partial charge in [0.2, 0.25) is 0 Å². The number of hydrogen-bond donors (Lipinski definition) is 1. The van der Waals surface area contributed by atoms with Gasteiger partial charge in [-0.05, 0) is 36.4 Å². The Kier molecular flexibility index (Phi) is 5.67. The van der Waals surface area contributed by atoms with Crippen molar-refractivity contribution in [2.75, 3.05) is 5.32 Å². The zero-order valence-corrected chi connectivity index (χ0v) is 18.3. The molecular weight excluding hydrogens is 520 g/mol.